The predicted molar refractivity (Wildman–Crippen MR) is 82.5 cm³/mol. The summed E-state index contributed by atoms with van der Waals surface area (Å²) in [6.45, 7) is 15.6. The average molecular weight is 299 g/mol. The fourth-order valence-corrected chi connectivity index (χ4v) is 1.99. The lowest BCUT2D eigenvalue weighted by Gasteiger charge is -2.29. The van der Waals surface area contributed by atoms with Gasteiger partial charge in [-0.2, -0.15) is 0 Å². The summed E-state index contributed by atoms with van der Waals surface area (Å²) in [6.07, 6.45) is 2.06. The summed E-state index contributed by atoms with van der Waals surface area (Å²) in [6, 6.07) is 0. The van der Waals surface area contributed by atoms with Gasteiger partial charge in [-0.15, -0.1) is 5.06 Å². The zero-order chi connectivity index (χ0) is 16.6. The molecule has 0 bridgehead atoms. The number of ether oxygens (including phenoxy) is 1. The molecule has 0 aliphatic carbocycles. The van der Waals surface area contributed by atoms with Crippen LogP contribution < -0.4 is 0 Å². The second-order valence-corrected chi connectivity index (χ2v) is 6.44. The molecule has 0 N–H and O–H groups in total. The lowest BCUT2D eigenvalue weighted by Crippen LogP contribution is -2.38. The van der Waals surface area contributed by atoms with E-state index in [4.69, 9.17) is 9.57 Å². The van der Waals surface area contributed by atoms with Gasteiger partial charge in [-0.3, -0.25) is 0 Å². The molecular formula is C16H29NO4. The molecule has 0 radical (unpaired) electrons. The molecule has 0 saturated carbocycles. The smallest absolute Gasteiger partial charge is 0.443 e. The Morgan fingerprint density at radius 3 is 2.29 bits per heavy atom. The lowest BCUT2D eigenvalue weighted by atomic mass is 9.81. The van der Waals surface area contributed by atoms with Crippen molar-refractivity contribution in [3.8, 4) is 0 Å². The third-order valence-corrected chi connectivity index (χ3v) is 3.24. The van der Waals surface area contributed by atoms with Gasteiger partial charge in [0.15, 0.2) is 0 Å². The Labute approximate surface area is 128 Å². The molecule has 0 spiro atoms. The predicted octanol–water partition coefficient (Wildman–Crippen LogP) is 3.94. The molecule has 0 saturated heterocycles. The third kappa shape index (κ3) is 8.38. The molecule has 0 heterocycles. The number of carbonyl (C=O) groups excluding carboxylic acids is 2. The van der Waals surface area contributed by atoms with Crippen LogP contribution in [-0.4, -0.2) is 29.8 Å². The van der Waals surface area contributed by atoms with Crippen LogP contribution in [0.4, 0.5) is 4.79 Å². The number of hydroxylamine groups is 2. The maximum Gasteiger partial charge on any atom is 0.443 e. The molecule has 1 amide bonds. The van der Waals surface area contributed by atoms with E-state index in [1.165, 1.54) is 0 Å². The average Bonchev–Trinajstić information content (AvgIpc) is 2.36. The van der Waals surface area contributed by atoms with Gasteiger partial charge in [0.25, 0.3) is 0 Å². The molecular weight excluding hydrogens is 270 g/mol. The van der Waals surface area contributed by atoms with Crippen molar-refractivity contribution in [2.24, 2.45) is 11.3 Å². The summed E-state index contributed by atoms with van der Waals surface area (Å²) in [7, 11) is 0. The molecule has 0 aromatic rings. The van der Waals surface area contributed by atoms with Gasteiger partial charge in [0.1, 0.15) is 0 Å². The van der Waals surface area contributed by atoms with Gasteiger partial charge in [-0.1, -0.05) is 40.7 Å². The first-order chi connectivity index (χ1) is 9.61. The summed E-state index contributed by atoms with van der Waals surface area (Å²) in [4.78, 5) is 28.3. The minimum absolute atomic E-state index is 0.176. The Bertz CT molecular complexity index is 363. The van der Waals surface area contributed by atoms with Crippen molar-refractivity contribution >= 4 is 12.1 Å². The minimum atomic E-state index is -0.669. The largest absolute Gasteiger partial charge is 0.445 e. The Morgan fingerprint density at radius 2 is 1.86 bits per heavy atom. The molecule has 21 heavy (non-hydrogen) atoms. The summed E-state index contributed by atoms with van der Waals surface area (Å²) >= 11 is 0. The third-order valence-electron chi connectivity index (χ3n) is 3.24. The number of amides is 1. The molecule has 0 aliphatic heterocycles. The van der Waals surface area contributed by atoms with E-state index in [2.05, 4.69) is 27.4 Å². The first-order valence-corrected chi connectivity index (χ1v) is 7.43. The highest BCUT2D eigenvalue weighted by Crippen LogP contribution is 2.29. The Kier molecular flexibility index (Phi) is 8.07. The normalized spacial score (nSPS) is 12.7. The maximum atomic E-state index is 12.0. The van der Waals surface area contributed by atoms with Crippen LogP contribution in [0.3, 0.4) is 0 Å². The second-order valence-electron chi connectivity index (χ2n) is 6.44. The van der Waals surface area contributed by atoms with Crippen molar-refractivity contribution < 1.29 is 19.2 Å². The number of rotatable bonds is 7. The maximum absolute atomic E-state index is 12.0. The first-order valence-electron chi connectivity index (χ1n) is 7.43. The Morgan fingerprint density at radius 1 is 1.29 bits per heavy atom. The van der Waals surface area contributed by atoms with Gasteiger partial charge in [0, 0.05) is 6.08 Å². The first kappa shape index (κ1) is 19.5. The summed E-state index contributed by atoms with van der Waals surface area (Å²) < 4.78 is 5.09. The van der Waals surface area contributed by atoms with Crippen LogP contribution >= 0.6 is 0 Å². The van der Waals surface area contributed by atoms with E-state index in [1.54, 1.807) is 13.8 Å². The molecule has 0 aromatic heterocycles. The van der Waals surface area contributed by atoms with Crippen LogP contribution in [0.25, 0.3) is 0 Å². The van der Waals surface area contributed by atoms with Crippen LogP contribution in [0, 0.1) is 11.3 Å². The van der Waals surface area contributed by atoms with E-state index in [0.717, 1.165) is 24.0 Å². The molecule has 0 rings (SSSR count). The van der Waals surface area contributed by atoms with Gasteiger partial charge < -0.3 is 9.57 Å². The standard InChI is InChI=1S/C16H29NO4/c1-8-14(18)21-17(15(19)20-12(3)4)11-13(5)10-16(6,7)9-2/h8,12-13H,1,9-11H2,2-7H3. The molecule has 0 fully saturated rings. The Hall–Kier alpha value is -1.52. The highest BCUT2D eigenvalue weighted by Gasteiger charge is 2.26. The number of hydrogen-bond acceptors (Lipinski definition) is 4. The quantitative estimate of drug-likeness (QED) is 0.528. The van der Waals surface area contributed by atoms with Gasteiger partial charge in [0.05, 0.1) is 12.6 Å². The van der Waals surface area contributed by atoms with Crippen molar-refractivity contribution in [3.63, 3.8) is 0 Å². The molecule has 5 heteroatoms. The van der Waals surface area contributed by atoms with Gasteiger partial charge >= 0.3 is 12.1 Å². The van der Waals surface area contributed by atoms with Gasteiger partial charge in [-0.25, -0.2) is 9.59 Å². The number of nitrogens with zero attached hydrogens (tertiary/aromatic N) is 1. The highest BCUT2D eigenvalue weighted by atomic mass is 16.8. The topological polar surface area (TPSA) is 55.8 Å². The molecule has 1 unspecified atom stereocenters. The Balaban J connectivity index is 4.76. The van der Waals surface area contributed by atoms with Crippen LogP contribution in [-0.2, 0) is 14.4 Å². The molecule has 1 atom stereocenters. The lowest BCUT2D eigenvalue weighted by molar-refractivity contribution is -0.178. The highest BCUT2D eigenvalue weighted by molar-refractivity contribution is 5.82. The number of hydrogen-bond donors (Lipinski definition) is 0. The summed E-state index contributed by atoms with van der Waals surface area (Å²) in [5.41, 5.74) is 0.176. The van der Waals surface area contributed by atoms with Crippen molar-refractivity contribution in [1.82, 2.24) is 5.06 Å². The fraction of sp³-hybridized carbons (Fsp3) is 0.750. The van der Waals surface area contributed by atoms with Gasteiger partial charge in [0.2, 0.25) is 0 Å². The van der Waals surface area contributed by atoms with E-state index in [-0.39, 0.29) is 17.4 Å². The zero-order valence-corrected chi connectivity index (χ0v) is 14.1. The molecule has 0 aromatic carbocycles. The van der Waals surface area contributed by atoms with Crippen LogP contribution in [0.15, 0.2) is 12.7 Å². The van der Waals surface area contributed by atoms with Crippen LogP contribution in [0.2, 0.25) is 0 Å². The summed E-state index contributed by atoms with van der Waals surface area (Å²) in [5.74, 6) is -0.491. The monoisotopic (exact) mass is 299 g/mol. The number of carbonyl (C=O) groups is 2. The zero-order valence-electron chi connectivity index (χ0n) is 14.1. The van der Waals surface area contributed by atoms with Crippen molar-refractivity contribution in [2.45, 2.75) is 60.5 Å². The van der Waals surface area contributed by atoms with Crippen molar-refractivity contribution in [1.29, 1.82) is 0 Å². The van der Waals surface area contributed by atoms with E-state index in [9.17, 15) is 9.59 Å². The fourth-order valence-electron chi connectivity index (χ4n) is 1.99. The molecule has 5 nitrogen and oxygen atoms in total. The summed E-state index contributed by atoms with van der Waals surface area (Å²) in [5, 5.41) is 0.987. The van der Waals surface area contributed by atoms with Crippen LogP contribution in [0.1, 0.15) is 54.4 Å². The van der Waals surface area contributed by atoms with E-state index in [0.29, 0.717) is 6.54 Å². The van der Waals surface area contributed by atoms with E-state index in [1.807, 2.05) is 6.92 Å². The van der Waals surface area contributed by atoms with E-state index < -0.39 is 12.1 Å². The second kappa shape index (κ2) is 8.70. The van der Waals surface area contributed by atoms with Gasteiger partial charge in [-0.05, 0) is 31.6 Å². The van der Waals surface area contributed by atoms with Crippen LogP contribution in [0.5, 0.6) is 0 Å². The minimum Gasteiger partial charge on any atom is -0.445 e. The molecule has 122 valence electrons. The SMILES string of the molecule is C=CC(=O)ON(CC(C)CC(C)(C)CC)C(=O)OC(C)C. The van der Waals surface area contributed by atoms with Crippen molar-refractivity contribution in [2.75, 3.05) is 6.54 Å². The van der Waals surface area contributed by atoms with Crippen molar-refractivity contribution in [3.05, 3.63) is 12.7 Å². The molecule has 0 aliphatic rings. The van der Waals surface area contributed by atoms with E-state index >= 15 is 0 Å².